The van der Waals surface area contributed by atoms with Crippen molar-refractivity contribution in [3.05, 3.63) is 63.8 Å². The zero-order valence-corrected chi connectivity index (χ0v) is 19.6. The fraction of sp³-hybridized carbons (Fsp3) is 0.346. The van der Waals surface area contributed by atoms with Gasteiger partial charge in [0.2, 0.25) is 0 Å². The summed E-state index contributed by atoms with van der Waals surface area (Å²) >= 11 is 0. The molecule has 1 saturated heterocycles. The smallest absolute Gasteiger partial charge is 0.409 e. The first-order valence-corrected chi connectivity index (χ1v) is 11.5. The van der Waals surface area contributed by atoms with Gasteiger partial charge in [-0.3, -0.25) is 9.88 Å². The maximum absolute atomic E-state index is 12.3. The number of hydrogen-bond donors (Lipinski definition) is 0. The van der Waals surface area contributed by atoms with E-state index in [1.165, 1.54) is 6.07 Å². The molecule has 3 aromatic heterocycles. The van der Waals surface area contributed by atoms with Crippen LogP contribution >= 0.6 is 0 Å². The highest BCUT2D eigenvalue weighted by Crippen LogP contribution is 2.35. The van der Waals surface area contributed by atoms with Crippen molar-refractivity contribution in [1.29, 1.82) is 0 Å². The van der Waals surface area contributed by atoms with E-state index in [4.69, 9.17) is 13.6 Å². The minimum atomic E-state index is -0.414. The second-order valence-corrected chi connectivity index (χ2v) is 8.66. The second kappa shape index (κ2) is 8.95. The molecule has 0 aliphatic carbocycles. The Bertz CT molecular complexity index is 1430. The number of carbonyl (C=O) groups is 1. The molecular formula is C26H27N3O5. The Labute approximate surface area is 196 Å². The van der Waals surface area contributed by atoms with Crippen molar-refractivity contribution in [2.75, 3.05) is 32.8 Å². The first-order valence-electron chi connectivity index (χ1n) is 11.5. The molecule has 0 spiro atoms. The van der Waals surface area contributed by atoms with Crippen LogP contribution in [0.25, 0.3) is 33.3 Å². The molecule has 4 aromatic rings. The average Bonchev–Trinajstić information content (AvgIpc) is 3.27. The van der Waals surface area contributed by atoms with Crippen molar-refractivity contribution in [1.82, 2.24) is 14.8 Å². The predicted octanol–water partition coefficient (Wildman–Crippen LogP) is 4.49. The van der Waals surface area contributed by atoms with Gasteiger partial charge in [0.25, 0.3) is 0 Å². The minimum Gasteiger partial charge on any atom is -0.454 e. The van der Waals surface area contributed by atoms with Gasteiger partial charge in [0.15, 0.2) is 5.58 Å². The number of pyridine rings is 1. The SMILES string of the molecule is CCOC(=O)N1CCN(Cc2cnc(C)c3oc(-c4cc(=O)oc5cc(C)ccc45)cc23)CC1. The molecule has 0 saturated carbocycles. The quantitative estimate of drug-likeness (QED) is 0.414. The summed E-state index contributed by atoms with van der Waals surface area (Å²) in [5.41, 5.74) is 4.40. The summed E-state index contributed by atoms with van der Waals surface area (Å²) in [6.07, 6.45) is 1.63. The molecular weight excluding hydrogens is 434 g/mol. The van der Waals surface area contributed by atoms with Crippen LogP contribution in [0.5, 0.6) is 0 Å². The lowest BCUT2D eigenvalue weighted by atomic mass is 10.1. The third-order valence-electron chi connectivity index (χ3n) is 6.28. The van der Waals surface area contributed by atoms with Gasteiger partial charge in [0, 0.05) is 61.3 Å². The molecule has 0 atom stereocenters. The standard InChI is InChI=1S/C26H27N3O5/c1-4-32-26(31)29-9-7-28(8-10-29)15-18-14-27-17(3)25-20(18)12-23(34-25)21-13-24(30)33-22-11-16(2)5-6-19(21)22/h5-6,11-14H,4,7-10,15H2,1-3H3. The normalized spacial score (nSPS) is 14.7. The first kappa shape index (κ1) is 22.2. The van der Waals surface area contributed by atoms with Gasteiger partial charge < -0.3 is 18.5 Å². The number of aromatic nitrogens is 1. The number of hydrogen-bond acceptors (Lipinski definition) is 7. The highest BCUT2D eigenvalue weighted by molar-refractivity contribution is 5.95. The fourth-order valence-electron chi connectivity index (χ4n) is 4.48. The number of benzene rings is 1. The van der Waals surface area contributed by atoms with Crippen LogP contribution in [0.1, 0.15) is 23.7 Å². The highest BCUT2D eigenvalue weighted by atomic mass is 16.6. The molecule has 1 fully saturated rings. The Morgan fingerprint density at radius 2 is 1.85 bits per heavy atom. The number of ether oxygens (including phenoxy) is 1. The highest BCUT2D eigenvalue weighted by Gasteiger charge is 2.23. The molecule has 1 aliphatic heterocycles. The third-order valence-corrected chi connectivity index (χ3v) is 6.28. The lowest BCUT2D eigenvalue weighted by Gasteiger charge is -2.34. The van der Waals surface area contributed by atoms with Crippen molar-refractivity contribution in [3.8, 4) is 11.3 Å². The van der Waals surface area contributed by atoms with E-state index in [1.54, 1.807) is 4.90 Å². The number of furan rings is 1. The molecule has 5 rings (SSSR count). The van der Waals surface area contributed by atoms with Gasteiger partial charge in [-0.25, -0.2) is 9.59 Å². The third kappa shape index (κ3) is 4.17. The zero-order valence-electron chi connectivity index (χ0n) is 19.6. The van der Waals surface area contributed by atoms with Crippen LogP contribution in [0.2, 0.25) is 0 Å². The van der Waals surface area contributed by atoms with Crippen LogP contribution in [0, 0.1) is 13.8 Å². The number of fused-ring (bicyclic) bond motifs is 2. The van der Waals surface area contributed by atoms with Crippen LogP contribution in [-0.4, -0.2) is 53.7 Å². The lowest BCUT2D eigenvalue weighted by molar-refractivity contribution is 0.0779. The van der Waals surface area contributed by atoms with Gasteiger partial charge in [-0.1, -0.05) is 12.1 Å². The number of carbonyl (C=O) groups excluding carboxylic acids is 1. The van der Waals surface area contributed by atoms with Crippen molar-refractivity contribution >= 4 is 28.0 Å². The number of amides is 1. The van der Waals surface area contributed by atoms with Crippen molar-refractivity contribution < 1.29 is 18.4 Å². The molecule has 0 N–H and O–H groups in total. The zero-order chi connectivity index (χ0) is 23.8. The molecule has 34 heavy (non-hydrogen) atoms. The first-order chi connectivity index (χ1) is 16.4. The molecule has 1 aliphatic rings. The monoisotopic (exact) mass is 461 g/mol. The maximum atomic E-state index is 12.3. The number of rotatable bonds is 4. The molecule has 0 bridgehead atoms. The topological polar surface area (TPSA) is 89.0 Å². The van der Waals surface area contributed by atoms with Crippen molar-refractivity contribution in [2.45, 2.75) is 27.3 Å². The van der Waals surface area contributed by atoms with E-state index in [2.05, 4.69) is 9.88 Å². The number of aryl methyl sites for hydroxylation is 2. The molecule has 1 aromatic carbocycles. The molecule has 0 unspecified atom stereocenters. The summed E-state index contributed by atoms with van der Waals surface area (Å²) in [5.74, 6) is 0.612. The summed E-state index contributed by atoms with van der Waals surface area (Å²) < 4.78 is 16.8. The number of piperazine rings is 1. The van der Waals surface area contributed by atoms with Crippen molar-refractivity contribution in [2.24, 2.45) is 0 Å². The molecule has 176 valence electrons. The van der Waals surface area contributed by atoms with Gasteiger partial charge in [-0.05, 0) is 44.0 Å². The summed E-state index contributed by atoms with van der Waals surface area (Å²) in [4.78, 5) is 32.8. The number of nitrogens with zero attached hydrogens (tertiary/aromatic N) is 3. The second-order valence-electron chi connectivity index (χ2n) is 8.66. The Balaban J connectivity index is 1.46. The van der Waals surface area contributed by atoms with E-state index >= 15 is 0 Å². The van der Waals surface area contributed by atoms with E-state index in [9.17, 15) is 9.59 Å². The predicted molar refractivity (Wildman–Crippen MR) is 129 cm³/mol. The van der Waals surface area contributed by atoms with E-state index in [0.29, 0.717) is 48.7 Å². The van der Waals surface area contributed by atoms with Crippen LogP contribution < -0.4 is 5.63 Å². The van der Waals surface area contributed by atoms with Crippen molar-refractivity contribution in [3.63, 3.8) is 0 Å². The molecule has 8 nitrogen and oxygen atoms in total. The van der Waals surface area contributed by atoms with Crippen LogP contribution in [0.4, 0.5) is 4.79 Å². The fourth-order valence-corrected chi connectivity index (χ4v) is 4.48. The molecule has 8 heteroatoms. The Hall–Kier alpha value is -3.65. The van der Waals surface area contributed by atoms with E-state index < -0.39 is 5.63 Å². The Morgan fingerprint density at radius 3 is 2.62 bits per heavy atom. The summed E-state index contributed by atoms with van der Waals surface area (Å²) in [6, 6.07) is 9.26. The average molecular weight is 462 g/mol. The van der Waals surface area contributed by atoms with Gasteiger partial charge in [-0.2, -0.15) is 0 Å². The Kier molecular flexibility index (Phi) is 5.83. The van der Waals surface area contributed by atoms with E-state index in [0.717, 1.165) is 40.7 Å². The summed E-state index contributed by atoms with van der Waals surface area (Å²) in [6.45, 7) is 9.52. The minimum absolute atomic E-state index is 0.254. The molecule has 0 radical (unpaired) electrons. The largest absolute Gasteiger partial charge is 0.454 e. The summed E-state index contributed by atoms with van der Waals surface area (Å²) in [7, 11) is 0. The Morgan fingerprint density at radius 1 is 1.06 bits per heavy atom. The maximum Gasteiger partial charge on any atom is 0.409 e. The molecule has 4 heterocycles. The van der Waals surface area contributed by atoms with E-state index in [-0.39, 0.29) is 6.09 Å². The lowest BCUT2D eigenvalue weighted by Crippen LogP contribution is -2.48. The van der Waals surface area contributed by atoms with Gasteiger partial charge >= 0.3 is 11.7 Å². The summed E-state index contributed by atoms with van der Waals surface area (Å²) in [5, 5.41) is 1.80. The van der Waals surface area contributed by atoms with Gasteiger partial charge in [-0.15, -0.1) is 0 Å². The van der Waals surface area contributed by atoms with Gasteiger partial charge in [0.1, 0.15) is 11.3 Å². The van der Waals surface area contributed by atoms with Crippen LogP contribution in [-0.2, 0) is 11.3 Å². The van der Waals surface area contributed by atoms with Gasteiger partial charge in [0.05, 0.1) is 12.3 Å². The van der Waals surface area contributed by atoms with Crippen LogP contribution in [0.3, 0.4) is 0 Å². The molecule has 1 amide bonds. The van der Waals surface area contributed by atoms with E-state index in [1.807, 2.05) is 51.2 Å². The van der Waals surface area contributed by atoms with Crippen LogP contribution in [0.15, 0.2) is 50.2 Å².